The molecule has 114 valence electrons. The molecule has 0 spiro atoms. The van der Waals surface area contributed by atoms with E-state index in [9.17, 15) is 0 Å². The van der Waals surface area contributed by atoms with Crippen LogP contribution in [0, 0.1) is 5.92 Å². The van der Waals surface area contributed by atoms with Crippen molar-refractivity contribution in [1.82, 2.24) is 9.55 Å². The molecule has 1 fully saturated rings. The Morgan fingerprint density at radius 2 is 1.90 bits per heavy atom. The summed E-state index contributed by atoms with van der Waals surface area (Å²) in [4.78, 5) is 4.74. The molecule has 1 aliphatic carbocycles. The molecule has 0 N–H and O–H groups in total. The minimum absolute atomic E-state index is 0.0952. The van der Waals surface area contributed by atoms with E-state index in [4.69, 9.17) is 28.2 Å². The van der Waals surface area contributed by atoms with Crippen LogP contribution in [0.4, 0.5) is 0 Å². The molecule has 0 saturated heterocycles. The molecule has 2 unspecified atom stereocenters. The van der Waals surface area contributed by atoms with Crippen molar-refractivity contribution in [3.63, 3.8) is 0 Å². The summed E-state index contributed by atoms with van der Waals surface area (Å²) in [6.07, 6.45) is 6.69. The number of aromatic nitrogens is 2. The highest BCUT2D eigenvalue weighted by molar-refractivity contribution is 6.31. The molecule has 4 heteroatoms. The van der Waals surface area contributed by atoms with Gasteiger partial charge in [0, 0.05) is 11.1 Å². The van der Waals surface area contributed by atoms with E-state index < -0.39 is 0 Å². The van der Waals surface area contributed by atoms with E-state index in [0.717, 1.165) is 27.8 Å². The zero-order valence-corrected chi connectivity index (χ0v) is 14.2. The summed E-state index contributed by atoms with van der Waals surface area (Å²) >= 11 is 12.5. The molecule has 0 bridgehead atoms. The van der Waals surface area contributed by atoms with Gasteiger partial charge < -0.3 is 4.57 Å². The van der Waals surface area contributed by atoms with Gasteiger partial charge in [0.1, 0.15) is 5.82 Å². The van der Waals surface area contributed by atoms with Crippen molar-refractivity contribution in [1.29, 1.82) is 0 Å². The molecule has 2 atom stereocenters. The number of hydrogen-bond donors (Lipinski definition) is 0. The number of rotatable bonds is 3. The summed E-state index contributed by atoms with van der Waals surface area (Å²) in [6.45, 7) is 4.31. The van der Waals surface area contributed by atoms with Gasteiger partial charge in [-0.25, -0.2) is 4.98 Å². The van der Waals surface area contributed by atoms with Gasteiger partial charge in [-0.1, -0.05) is 30.9 Å². The maximum absolute atomic E-state index is 6.39. The van der Waals surface area contributed by atoms with Crippen molar-refractivity contribution in [2.45, 2.75) is 57.4 Å². The van der Waals surface area contributed by atoms with Crippen LogP contribution in [0.3, 0.4) is 0 Å². The molecule has 21 heavy (non-hydrogen) atoms. The van der Waals surface area contributed by atoms with Crippen molar-refractivity contribution in [3.05, 3.63) is 29.0 Å². The first-order valence-electron chi connectivity index (χ1n) is 7.89. The standard InChI is InChI=1S/C17H22Cl2N2/c1-11(18)17-20-15-10-14(19)8-9-16(15)21(17)12(2)13-6-4-3-5-7-13/h8-13H,3-7H2,1-2H3. The smallest absolute Gasteiger partial charge is 0.127 e. The zero-order chi connectivity index (χ0) is 15.0. The van der Waals surface area contributed by atoms with Gasteiger partial charge >= 0.3 is 0 Å². The van der Waals surface area contributed by atoms with Gasteiger partial charge in [-0.2, -0.15) is 0 Å². The predicted molar refractivity (Wildman–Crippen MR) is 90.3 cm³/mol. The maximum atomic E-state index is 6.39. The lowest BCUT2D eigenvalue weighted by atomic mass is 9.84. The number of hydrogen-bond acceptors (Lipinski definition) is 1. The highest BCUT2D eigenvalue weighted by Crippen LogP contribution is 2.37. The molecule has 1 saturated carbocycles. The molecular formula is C17H22Cl2N2. The third kappa shape index (κ3) is 2.93. The second-order valence-electron chi connectivity index (χ2n) is 6.23. The van der Waals surface area contributed by atoms with Crippen molar-refractivity contribution in [3.8, 4) is 0 Å². The van der Waals surface area contributed by atoms with E-state index in [2.05, 4.69) is 17.6 Å². The van der Waals surface area contributed by atoms with Gasteiger partial charge in [-0.15, -0.1) is 11.6 Å². The minimum Gasteiger partial charge on any atom is -0.324 e. The Kier molecular flexibility index (Phi) is 4.46. The monoisotopic (exact) mass is 324 g/mol. The fourth-order valence-corrected chi connectivity index (χ4v) is 3.95. The van der Waals surface area contributed by atoms with Crippen molar-refractivity contribution >= 4 is 34.2 Å². The molecule has 0 radical (unpaired) electrons. The molecule has 1 heterocycles. The maximum Gasteiger partial charge on any atom is 0.127 e. The molecule has 1 aliphatic rings. The molecule has 2 nitrogen and oxygen atoms in total. The molecule has 0 aliphatic heterocycles. The van der Waals surface area contributed by atoms with Gasteiger partial charge in [-0.05, 0) is 50.8 Å². The van der Waals surface area contributed by atoms with E-state index in [0.29, 0.717) is 6.04 Å². The van der Waals surface area contributed by atoms with Gasteiger partial charge in [-0.3, -0.25) is 0 Å². The fourth-order valence-electron chi connectivity index (χ4n) is 3.63. The molecule has 2 aromatic rings. The number of benzene rings is 1. The quantitative estimate of drug-likeness (QED) is 0.621. The van der Waals surface area contributed by atoms with Gasteiger partial charge in [0.2, 0.25) is 0 Å². The average molecular weight is 325 g/mol. The van der Waals surface area contributed by atoms with E-state index >= 15 is 0 Å². The Hall–Kier alpha value is -0.730. The summed E-state index contributed by atoms with van der Waals surface area (Å²) in [6, 6.07) is 6.39. The second kappa shape index (κ2) is 6.18. The lowest BCUT2D eigenvalue weighted by Gasteiger charge is -2.30. The Bertz CT molecular complexity index is 627. The summed E-state index contributed by atoms with van der Waals surface area (Å²) in [5.74, 6) is 1.69. The first-order valence-corrected chi connectivity index (χ1v) is 8.71. The van der Waals surface area contributed by atoms with E-state index in [-0.39, 0.29) is 5.38 Å². The number of nitrogens with zero attached hydrogens (tertiary/aromatic N) is 2. The van der Waals surface area contributed by atoms with Crippen LogP contribution in [0.1, 0.15) is 63.2 Å². The number of alkyl halides is 1. The minimum atomic E-state index is -0.0952. The van der Waals surface area contributed by atoms with Crippen LogP contribution in [0.2, 0.25) is 5.02 Å². The van der Waals surface area contributed by atoms with Gasteiger partial charge in [0.25, 0.3) is 0 Å². The lowest BCUT2D eigenvalue weighted by molar-refractivity contribution is 0.264. The molecule has 3 rings (SSSR count). The van der Waals surface area contributed by atoms with Gasteiger partial charge in [0.15, 0.2) is 0 Å². The molecular weight excluding hydrogens is 303 g/mol. The topological polar surface area (TPSA) is 17.8 Å². The van der Waals surface area contributed by atoms with Crippen LogP contribution in [-0.2, 0) is 0 Å². The Labute approximate surface area is 136 Å². The highest BCUT2D eigenvalue weighted by Gasteiger charge is 2.26. The first-order chi connectivity index (χ1) is 10.1. The predicted octanol–water partition coefficient (Wildman–Crippen LogP) is 6.13. The highest BCUT2D eigenvalue weighted by atomic mass is 35.5. The van der Waals surface area contributed by atoms with E-state index in [1.165, 1.54) is 32.1 Å². The molecule has 1 aromatic heterocycles. The Balaban J connectivity index is 2.07. The largest absolute Gasteiger partial charge is 0.324 e. The SMILES string of the molecule is CC(Cl)c1nc2cc(Cl)ccc2n1C(C)C1CCCCC1. The first kappa shape index (κ1) is 15.2. The van der Waals surface area contributed by atoms with Crippen LogP contribution in [-0.4, -0.2) is 9.55 Å². The number of halogens is 2. The average Bonchev–Trinajstić information content (AvgIpc) is 2.86. The van der Waals surface area contributed by atoms with Crippen LogP contribution >= 0.6 is 23.2 Å². The number of fused-ring (bicyclic) bond motifs is 1. The second-order valence-corrected chi connectivity index (χ2v) is 7.32. The fraction of sp³-hybridized carbons (Fsp3) is 0.588. The van der Waals surface area contributed by atoms with Gasteiger partial charge in [0.05, 0.1) is 16.4 Å². The third-order valence-corrected chi connectivity index (χ3v) is 5.20. The summed E-state index contributed by atoms with van der Waals surface area (Å²) in [7, 11) is 0. The normalized spacial score (nSPS) is 19.8. The number of imidazole rings is 1. The lowest BCUT2D eigenvalue weighted by Crippen LogP contribution is -2.21. The van der Waals surface area contributed by atoms with Crippen LogP contribution in [0.25, 0.3) is 11.0 Å². The Morgan fingerprint density at radius 1 is 1.19 bits per heavy atom. The van der Waals surface area contributed by atoms with Crippen LogP contribution in [0.5, 0.6) is 0 Å². The van der Waals surface area contributed by atoms with E-state index in [1.54, 1.807) is 0 Å². The molecule has 0 amide bonds. The summed E-state index contributed by atoms with van der Waals surface area (Å²) in [5.41, 5.74) is 2.10. The van der Waals surface area contributed by atoms with Crippen LogP contribution < -0.4 is 0 Å². The van der Waals surface area contributed by atoms with Crippen molar-refractivity contribution in [2.24, 2.45) is 5.92 Å². The summed E-state index contributed by atoms with van der Waals surface area (Å²) < 4.78 is 2.35. The molecule has 1 aromatic carbocycles. The van der Waals surface area contributed by atoms with Crippen molar-refractivity contribution < 1.29 is 0 Å². The Morgan fingerprint density at radius 3 is 2.57 bits per heavy atom. The van der Waals surface area contributed by atoms with Crippen molar-refractivity contribution in [2.75, 3.05) is 0 Å². The van der Waals surface area contributed by atoms with E-state index in [1.807, 2.05) is 19.1 Å². The summed E-state index contributed by atoms with van der Waals surface area (Å²) in [5, 5.41) is 0.633. The van der Waals surface area contributed by atoms with Crippen LogP contribution in [0.15, 0.2) is 18.2 Å². The third-order valence-electron chi connectivity index (χ3n) is 4.77. The zero-order valence-electron chi connectivity index (χ0n) is 12.6.